The van der Waals surface area contributed by atoms with E-state index in [-0.39, 0.29) is 18.1 Å². The fourth-order valence-electron chi connectivity index (χ4n) is 2.22. The standard InChI is InChI=1S/C17H18FN5O2S2/c1-23-15(7-6-14(19)24)21-22-17(23)27-10-12-9-26-16(20-12)8-25-13-4-2-11(18)3-5-13/h2-5,9H,6-8,10H2,1H3,(H2,19,24). The average molecular weight is 407 g/mol. The molecule has 1 aromatic carbocycles. The molecule has 0 bridgehead atoms. The van der Waals surface area contributed by atoms with Crippen LogP contribution in [0.3, 0.4) is 0 Å². The van der Waals surface area contributed by atoms with E-state index >= 15 is 0 Å². The molecule has 1 amide bonds. The van der Waals surface area contributed by atoms with Gasteiger partial charge in [0.05, 0.1) is 5.69 Å². The summed E-state index contributed by atoms with van der Waals surface area (Å²) in [6, 6.07) is 5.89. The summed E-state index contributed by atoms with van der Waals surface area (Å²) >= 11 is 3.03. The van der Waals surface area contributed by atoms with Crippen LogP contribution in [0, 0.1) is 5.82 Å². The van der Waals surface area contributed by atoms with Crippen molar-refractivity contribution in [3.05, 3.63) is 52.0 Å². The van der Waals surface area contributed by atoms with Crippen molar-refractivity contribution in [2.75, 3.05) is 0 Å². The number of rotatable bonds is 9. The summed E-state index contributed by atoms with van der Waals surface area (Å²) in [6.07, 6.45) is 0.723. The van der Waals surface area contributed by atoms with Gasteiger partial charge < -0.3 is 15.0 Å². The van der Waals surface area contributed by atoms with Crippen molar-refractivity contribution in [1.29, 1.82) is 0 Å². The number of thioether (sulfide) groups is 1. The SMILES string of the molecule is Cn1c(CCC(N)=O)nnc1SCc1csc(COc2ccc(F)cc2)n1. The number of carbonyl (C=O) groups is 1. The molecule has 0 unspecified atom stereocenters. The van der Waals surface area contributed by atoms with Crippen molar-refractivity contribution in [3.63, 3.8) is 0 Å². The van der Waals surface area contributed by atoms with Crippen LogP contribution in [0.15, 0.2) is 34.8 Å². The summed E-state index contributed by atoms with van der Waals surface area (Å²) in [4.78, 5) is 15.4. The fourth-order valence-corrected chi connectivity index (χ4v) is 3.85. The normalized spacial score (nSPS) is 10.9. The highest BCUT2D eigenvalue weighted by Crippen LogP contribution is 2.23. The third-order valence-electron chi connectivity index (χ3n) is 3.64. The van der Waals surface area contributed by atoms with Crippen LogP contribution in [0.2, 0.25) is 0 Å². The van der Waals surface area contributed by atoms with E-state index in [9.17, 15) is 9.18 Å². The fraction of sp³-hybridized carbons (Fsp3) is 0.294. The molecule has 2 heterocycles. The maximum Gasteiger partial charge on any atom is 0.217 e. The number of halogens is 1. The molecule has 0 aliphatic rings. The molecular formula is C17H18FN5O2S2. The molecule has 142 valence electrons. The third-order valence-corrected chi connectivity index (χ3v) is 5.57. The van der Waals surface area contributed by atoms with Crippen LogP contribution >= 0.6 is 23.1 Å². The van der Waals surface area contributed by atoms with E-state index in [1.807, 2.05) is 17.0 Å². The Morgan fingerprint density at radius 1 is 1.33 bits per heavy atom. The van der Waals surface area contributed by atoms with Gasteiger partial charge in [-0.05, 0) is 24.3 Å². The number of nitrogens with zero attached hydrogens (tertiary/aromatic N) is 4. The molecule has 0 radical (unpaired) electrons. The molecule has 0 spiro atoms. The summed E-state index contributed by atoms with van der Waals surface area (Å²) in [5, 5.41) is 11.8. The van der Waals surface area contributed by atoms with Gasteiger partial charge in [0.15, 0.2) is 5.16 Å². The predicted octanol–water partition coefficient (Wildman–Crippen LogP) is 2.70. The van der Waals surface area contributed by atoms with Crippen molar-refractivity contribution in [2.24, 2.45) is 12.8 Å². The summed E-state index contributed by atoms with van der Waals surface area (Å²) in [6.45, 7) is 0.336. The molecule has 3 aromatic rings. The van der Waals surface area contributed by atoms with Crippen LogP contribution in [-0.4, -0.2) is 25.7 Å². The summed E-state index contributed by atoms with van der Waals surface area (Å²) in [5.74, 6) is 1.32. The van der Waals surface area contributed by atoms with Crippen LogP contribution in [-0.2, 0) is 30.6 Å². The van der Waals surface area contributed by atoms with Crippen LogP contribution in [0.25, 0.3) is 0 Å². The first-order chi connectivity index (χ1) is 13.0. The Hall–Kier alpha value is -2.46. The molecule has 0 aliphatic carbocycles. The van der Waals surface area contributed by atoms with E-state index in [1.165, 1.54) is 35.2 Å². The van der Waals surface area contributed by atoms with Crippen molar-refractivity contribution < 1.29 is 13.9 Å². The number of primary amides is 1. The van der Waals surface area contributed by atoms with Gasteiger partial charge in [-0.1, -0.05) is 11.8 Å². The number of ether oxygens (including phenoxy) is 1. The third kappa shape index (κ3) is 5.51. The van der Waals surface area contributed by atoms with Crippen LogP contribution in [0.1, 0.15) is 22.9 Å². The van der Waals surface area contributed by atoms with E-state index in [4.69, 9.17) is 10.5 Å². The first-order valence-electron chi connectivity index (χ1n) is 8.12. The zero-order valence-corrected chi connectivity index (χ0v) is 16.2. The monoisotopic (exact) mass is 407 g/mol. The second-order valence-electron chi connectivity index (χ2n) is 5.69. The Morgan fingerprint density at radius 2 is 2.11 bits per heavy atom. The van der Waals surface area contributed by atoms with Crippen LogP contribution < -0.4 is 10.5 Å². The van der Waals surface area contributed by atoms with E-state index in [0.29, 0.717) is 24.5 Å². The van der Waals surface area contributed by atoms with Crippen molar-refractivity contribution >= 4 is 29.0 Å². The van der Waals surface area contributed by atoms with Crippen molar-refractivity contribution in [3.8, 4) is 5.75 Å². The molecule has 0 aliphatic heterocycles. The second kappa shape index (κ2) is 8.96. The van der Waals surface area contributed by atoms with Gasteiger partial charge in [-0.3, -0.25) is 4.79 Å². The molecule has 7 nitrogen and oxygen atoms in total. The zero-order valence-electron chi connectivity index (χ0n) is 14.6. The number of thiazole rings is 1. The van der Waals surface area contributed by atoms with E-state index < -0.39 is 0 Å². The number of aryl methyl sites for hydroxylation is 1. The Morgan fingerprint density at radius 3 is 2.85 bits per heavy atom. The lowest BCUT2D eigenvalue weighted by atomic mass is 10.3. The number of benzene rings is 1. The maximum atomic E-state index is 12.9. The lowest BCUT2D eigenvalue weighted by Crippen LogP contribution is -2.12. The molecule has 0 atom stereocenters. The molecule has 0 saturated carbocycles. The Bertz CT molecular complexity index is 910. The zero-order chi connectivity index (χ0) is 19.2. The van der Waals surface area contributed by atoms with Crippen molar-refractivity contribution in [2.45, 2.75) is 30.4 Å². The minimum atomic E-state index is -0.356. The molecule has 3 rings (SSSR count). The largest absolute Gasteiger partial charge is 0.486 e. The van der Waals surface area contributed by atoms with E-state index in [0.717, 1.165) is 21.7 Å². The lowest BCUT2D eigenvalue weighted by molar-refractivity contribution is -0.118. The van der Waals surface area contributed by atoms with Gasteiger partial charge >= 0.3 is 0 Å². The van der Waals surface area contributed by atoms with E-state index in [1.54, 1.807) is 12.1 Å². The van der Waals surface area contributed by atoms with Crippen molar-refractivity contribution in [1.82, 2.24) is 19.7 Å². The molecule has 0 saturated heterocycles. The van der Waals surface area contributed by atoms with Crippen LogP contribution in [0.5, 0.6) is 5.75 Å². The van der Waals surface area contributed by atoms with Gasteiger partial charge in [-0.2, -0.15) is 0 Å². The highest BCUT2D eigenvalue weighted by molar-refractivity contribution is 7.98. The number of nitrogens with two attached hydrogens (primary N) is 1. The number of hydrogen-bond donors (Lipinski definition) is 1. The molecule has 2 aromatic heterocycles. The van der Waals surface area contributed by atoms with Gasteiger partial charge in [0.2, 0.25) is 5.91 Å². The first-order valence-corrected chi connectivity index (χ1v) is 9.99. The Kier molecular flexibility index (Phi) is 6.40. The van der Waals surface area contributed by atoms with Gasteiger partial charge in [-0.25, -0.2) is 9.37 Å². The molecule has 0 fully saturated rings. The maximum absolute atomic E-state index is 12.9. The molecule has 2 N–H and O–H groups in total. The highest BCUT2D eigenvalue weighted by atomic mass is 32.2. The van der Waals surface area contributed by atoms with E-state index in [2.05, 4.69) is 15.2 Å². The Labute approximate surface area is 163 Å². The highest BCUT2D eigenvalue weighted by Gasteiger charge is 2.11. The van der Waals surface area contributed by atoms with Gasteiger partial charge in [0, 0.05) is 31.0 Å². The summed E-state index contributed by atoms with van der Waals surface area (Å²) in [5.41, 5.74) is 6.09. The summed E-state index contributed by atoms with van der Waals surface area (Å²) in [7, 11) is 1.86. The predicted molar refractivity (Wildman–Crippen MR) is 101 cm³/mol. The minimum absolute atomic E-state index is 0.250. The smallest absolute Gasteiger partial charge is 0.217 e. The average Bonchev–Trinajstić information content (AvgIpc) is 3.24. The van der Waals surface area contributed by atoms with Gasteiger partial charge in [0.25, 0.3) is 0 Å². The summed E-state index contributed by atoms with van der Waals surface area (Å²) < 4.78 is 20.3. The molecule has 27 heavy (non-hydrogen) atoms. The number of carbonyl (C=O) groups excluding carboxylic acids is 1. The molecular weight excluding hydrogens is 389 g/mol. The van der Waals surface area contributed by atoms with Gasteiger partial charge in [0.1, 0.15) is 29.0 Å². The lowest BCUT2D eigenvalue weighted by Gasteiger charge is -2.03. The second-order valence-corrected chi connectivity index (χ2v) is 7.57. The number of aromatic nitrogens is 4. The number of amides is 1. The first kappa shape index (κ1) is 19.3. The Balaban J connectivity index is 1.51. The molecule has 10 heteroatoms. The topological polar surface area (TPSA) is 95.9 Å². The van der Waals surface area contributed by atoms with Crippen LogP contribution in [0.4, 0.5) is 4.39 Å². The quantitative estimate of drug-likeness (QED) is 0.548. The van der Waals surface area contributed by atoms with Gasteiger partial charge in [-0.15, -0.1) is 21.5 Å². The number of hydrogen-bond acceptors (Lipinski definition) is 7. The minimum Gasteiger partial charge on any atom is -0.486 e.